The Kier molecular flexibility index (Phi) is 6.93. The van der Waals surface area contributed by atoms with E-state index in [1.165, 1.54) is 0 Å². The fraction of sp³-hybridized carbons (Fsp3) is 0.364. The molecule has 1 aromatic heterocycles. The molecule has 1 saturated heterocycles. The first-order valence-corrected chi connectivity index (χ1v) is 9.44. The summed E-state index contributed by atoms with van der Waals surface area (Å²) < 4.78 is 16.4. The number of hydrogen-bond acceptors (Lipinski definition) is 5. The van der Waals surface area contributed by atoms with Gasteiger partial charge in [-0.2, -0.15) is 0 Å². The third kappa shape index (κ3) is 6.13. The number of amides is 2. The second kappa shape index (κ2) is 9.80. The molecule has 2 N–H and O–H groups in total. The number of ether oxygens (including phenoxy) is 2. The Morgan fingerprint density at radius 1 is 1.24 bits per heavy atom. The highest BCUT2D eigenvalue weighted by molar-refractivity contribution is 5.92. The Hall–Kier alpha value is -3.24. The van der Waals surface area contributed by atoms with Gasteiger partial charge in [0.1, 0.15) is 23.9 Å². The molecule has 7 heteroatoms. The molecular formula is C22H24N2O5. The summed E-state index contributed by atoms with van der Waals surface area (Å²) in [6, 6.07) is 10.6. The molecule has 0 radical (unpaired) electrons. The lowest BCUT2D eigenvalue weighted by Gasteiger charge is -2.11. The summed E-state index contributed by atoms with van der Waals surface area (Å²) in [6.45, 7) is 2.72. The van der Waals surface area contributed by atoms with E-state index in [4.69, 9.17) is 20.3 Å². The summed E-state index contributed by atoms with van der Waals surface area (Å²) in [7, 11) is 0. The molecule has 0 saturated carbocycles. The first kappa shape index (κ1) is 20.5. The van der Waals surface area contributed by atoms with Crippen LogP contribution in [0.2, 0.25) is 0 Å². The predicted octanol–water partition coefficient (Wildman–Crippen LogP) is 2.30. The molecule has 0 bridgehead atoms. The molecule has 1 aromatic carbocycles. The summed E-state index contributed by atoms with van der Waals surface area (Å²) in [5.74, 6) is 3.93. The van der Waals surface area contributed by atoms with Gasteiger partial charge in [0.05, 0.1) is 25.0 Å². The molecule has 2 atom stereocenters. The largest absolute Gasteiger partial charge is 0.481 e. The molecule has 2 aromatic rings. The van der Waals surface area contributed by atoms with Crippen molar-refractivity contribution in [2.24, 2.45) is 5.92 Å². The normalized spacial score (nSPS) is 18.1. The van der Waals surface area contributed by atoms with E-state index in [0.29, 0.717) is 36.8 Å². The van der Waals surface area contributed by atoms with Crippen molar-refractivity contribution in [2.75, 3.05) is 25.1 Å². The zero-order valence-corrected chi connectivity index (χ0v) is 16.3. The quantitative estimate of drug-likeness (QED) is 0.669. The van der Waals surface area contributed by atoms with E-state index < -0.39 is 0 Å². The molecule has 152 valence electrons. The van der Waals surface area contributed by atoms with E-state index in [2.05, 4.69) is 16.6 Å². The number of aryl methyl sites for hydroxylation is 1. The lowest BCUT2D eigenvalue weighted by Crippen LogP contribution is -2.33. The number of furan rings is 1. The highest BCUT2D eigenvalue weighted by atomic mass is 16.5. The van der Waals surface area contributed by atoms with Gasteiger partial charge in [-0.15, -0.1) is 6.42 Å². The number of terminal acetylenes is 1. The van der Waals surface area contributed by atoms with Gasteiger partial charge in [0, 0.05) is 12.2 Å². The van der Waals surface area contributed by atoms with Crippen LogP contribution < -0.4 is 15.4 Å². The van der Waals surface area contributed by atoms with Gasteiger partial charge in [0.15, 0.2) is 0 Å². The maximum Gasteiger partial charge on any atom is 0.229 e. The number of benzene rings is 1. The van der Waals surface area contributed by atoms with E-state index in [1.54, 1.807) is 30.3 Å². The van der Waals surface area contributed by atoms with E-state index in [0.717, 1.165) is 5.76 Å². The van der Waals surface area contributed by atoms with Gasteiger partial charge >= 0.3 is 0 Å². The van der Waals surface area contributed by atoms with Crippen molar-refractivity contribution in [3.63, 3.8) is 0 Å². The van der Waals surface area contributed by atoms with Crippen molar-refractivity contribution in [1.29, 1.82) is 0 Å². The zero-order chi connectivity index (χ0) is 20.6. The molecule has 0 unspecified atom stereocenters. The van der Waals surface area contributed by atoms with Crippen LogP contribution in [0.3, 0.4) is 0 Å². The van der Waals surface area contributed by atoms with Gasteiger partial charge in [-0.3, -0.25) is 9.59 Å². The average Bonchev–Trinajstić information content (AvgIpc) is 3.35. The minimum atomic E-state index is -0.262. The monoisotopic (exact) mass is 396 g/mol. The summed E-state index contributed by atoms with van der Waals surface area (Å²) >= 11 is 0. The van der Waals surface area contributed by atoms with Crippen molar-refractivity contribution in [2.45, 2.75) is 25.9 Å². The maximum absolute atomic E-state index is 12.5. The van der Waals surface area contributed by atoms with Crippen LogP contribution in [0.4, 0.5) is 5.69 Å². The fourth-order valence-corrected chi connectivity index (χ4v) is 3.06. The van der Waals surface area contributed by atoms with Crippen LogP contribution in [0.15, 0.2) is 40.8 Å². The molecule has 1 aliphatic heterocycles. The summed E-state index contributed by atoms with van der Waals surface area (Å²) in [6.07, 6.45) is 5.70. The van der Waals surface area contributed by atoms with Crippen LogP contribution in [0.5, 0.6) is 5.75 Å². The zero-order valence-electron chi connectivity index (χ0n) is 16.3. The first-order valence-electron chi connectivity index (χ1n) is 9.44. The Bertz CT molecular complexity index is 881. The van der Waals surface area contributed by atoms with E-state index in [1.807, 2.05) is 13.0 Å². The molecule has 0 aliphatic carbocycles. The van der Waals surface area contributed by atoms with Crippen molar-refractivity contribution >= 4 is 17.5 Å². The topological polar surface area (TPSA) is 89.8 Å². The Morgan fingerprint density at radius 2 is 2.03 bits per heavy atom. The smallest absolute Gasteiger partial charge is 0.229 e. The Morgan fingerprint density at radius 3 is 2.72 bits per heavy atom. The molecule has 29 heavy (non-hydrogen) atoms. The van der Waals surface area contributed by atoms with Crippen LogP contribution in [0.1, 0.15) is 17.9 Å². The Balaban J connectivity index is 1.40. The second-order valence-electron chi connectivity index (χ2n) is 6.89. The summed E-state index contributed by atoms with van der Waals surface area (Å²) in [4.78, 5) is 24.5. The van der Waals surface area contributed by atoms with Crippen LogP contribution in [0.25, 0.3) is 0 Å². The van der Waals surface area contributed by atoms with Crippen molar-refractivity contribution in [3.8, 4) is 18.1 Å². The molecule has 7 nitrogen and oxygen atoms in total. The molecule has 2 heterocycles. The van der Waals surface area contributed by atoms with Gasteiger partial charge < -0.3 is 24.5 Å². The van der Waals surface area contributed by atoms with Crippen molar-refractivity contribution in [3.05, 3.63) is 47.9 Å². The minimum Gasteiger partial charge on any atom is -0.481 e. The highest BCUT2D eigenvalue weighted by Gasteiger charge is 2.31. The van der Waals surface area contributed by atoms with Gasteiger partial charge in [0.2, 0.25) is 11.8 Å². The van der Waals surface area contributed by atoms with Gasteiger partial charge in [-0.25, -0.2) is 0 Å². The van der Waals surface area contributed by atoms with Crippen molar-refractivity contribution < 1.29 is 23.5 Å². The van der Waals surface area contributed by atoms with Gasteiger partial charge in [-0.1, -0.05) is 5.92 Å². The number of nitrogens with one attached hydrogen (secondary N) is 2. The first-order chi connectivity index (χ1) is 14.0. The molecule has 3 rings (SSSR count). The third-order valence-electron chi connectivity index (χ3n) is 4.55. The van der Waals surface area contributed by atoms with Gasteiger partial charge in [-0.05, 0) is 49.7 Å². The van der Waals surface area contributed by atoms with E-state index in [9.17, 15) is 9.59 Å². The summed E-state index contributed by atoms with van der Waals surface area (Å²) in [5, 5.41) is 5.70. The van der Waals surface area contributed by atoms with E-state index in [-0.39, 0.29) is 36.9 Å². The van der Waals surface area contributed by atoms with Gasteiger partial charge in [0.25, 0.3) is 0 Å². The number of rotatable bonds is 8. The maximum atomic E-state index is 12.5. The van der Waals surface area contributed by atoms with E-state index >= 15 is 0 Å². The lowest BCUT2D eigenvalue weighted by atomic mass is 10.0. The number of carbonyl (C=O) groups excluding carboxylic acids is 2. The molecular weight excluding hydrogens is 372 g/mol. The predicted molar refractivity (Wildman–Crippen MR) is 107 cm³/mol. The van der Waals surface area contributed by atoms with Crippen LogP contribution in [-0.4, -0.2) is 37.7 Å². The summed E-state index contributed by atoms with van der Waals surface area (Å²) in [5.41, 5.74) is 0.675. The average molecular weight is 396 g/mol. The molecule has 2 amide bonds. The number of hydrogen-bond donors (Lipinski definition) is 2. The SMILES string of the molecule is C#CCOc1ccc(NC(=O)[C@@H]2CO[C@H](CNC(=O)Cc3ccc(C)o3)C2)cc1. The number of anilines is 1. The number of carbonyl (C=O) groups is 2. The molecule has 1 aliphatic rings. The standard InChI is InChI=1S/C22H24N2O5/c1-3-10-27-18-8-5-17(6-9-18)24-22(26)16-11-20(28-14-16)13-23-21(25)12-19-7-4-15(2)29-19/h1,4-9,16,20H,10-14H2,2H3,(H,23,25)(H,24,26)/t16-,20-/m0/s1. The minimum absolute atomic E-state index is 0.109. The molecule has 0 spiro atoms. The van der Waals surface area contributed by atoms with Crippen LogP contribution in [0, 0.1) is 25.2 Å². The molecule has 1 fully saturated rings. The fourth-order valence-electron chi connectivity index (χ4n) is 3.06. The third-order valence-corrected chi connectivity index (χ3v) is 4.55. The van der Waals surface area contributed by atoms with Crippen LogP contribution in [-0.2, 0) is 20.7 Å². The second-order valence-corrected chi connectivity index (χ2v) is 6.89. The Labute approximate surface area is 169 Å². The lowest BCUT2D eigenvalue weighted by molar-refractivity contribution is -0.121. The van der Waals surface area contributed by atoms with Crippen LogP contribution >= 0.6 is 0 Å². The highest BCUT2D eigenvalue weighted by Crippen LogP contribution is 2.22. The van der Waals surface area contributed by atoms with Crippen molar-refractivity contribution in [1.82, 2.24) is 5.32 Å².